The maximum atomic E-state index is 12.3. The van der Waals surface area contributed by atoms with E-state index in [9.17, 15) is 4.79 Å². The fourth-order valence-corrected chi connectivity index (χ4v) is 1.70. The van der Waals surface area contributed by atoms with Gasteiger partial charge in [-0.05, 0) is 27.7 Å². The Hall–Kier alpha value is -1.91. The molecule has 0 radical (unpaired) electrons. The minimum Gasteiger partial charge on any atom is -0.306 e. The van der Waals surface area contributed by atoms with Crippen molar-refractivity contribution >= 4 is 0 Å². The third kappa shape index (κ3) is 2.00. The summed E-state index contributed by atoms with van der Waals surface area (Å²) >= 11 is 0. The van der Waals surface area contributed by atoms with Gasteiger partial charge in [-0.3, -0.25) is 9.36 Å². The summed E-state index contributed by atoms with van der Waals surface area (Å²) in [6.45, 7) is 7.80. The zero-order valence-electron chi connectivity index (χ0n) is 10.5. The van der Waals surface area contributed by atoms with Crippen molar-refractivity contribution in [1.29, 1.82) is 0 Å². The predicted octanol–water partition coefficient (Wildman–Crippen LogP) is 1.49. The molecule has 0 saturated carbocycles. The van der Waals surface area contributed by atoms with E-state index < -0.39 is 0 Å². The highest BCUT2D eigenvalue weighted by Crippen LogP contribution is 2.11. The van der Waals surface area contributed by atoms with Crippen LogP contribution in [0.3, 0.4) is 0 Å². The summed E-state index contributed by atoms with van der Waals surface area (Å²) in [5.74, 6) is 1.14. The van der Waals surface area contributed by atoms with E-state index in [4.69, 9.17) is 0 Å². The van der Waals surface area contributed by atoms with E-state index >= 15 is 0 Å². The molecule has 0 saturated heterocycles. The normalized spacial score (nSPS) is 11.8. The van der Waals surface area contributed by atoms with Crippen LogP contribution in [0, 0.1) is 6.92 Å². The number of aromatic nitrogens is 4. The standard InChI is InChI=1S/C12H16N4O/c1-9-13-5-7-15(9)10-11(17)16(8-6-14-10)12(2,3)4/h5-8H,1-4H3. The van der Waals surface area contributed by atoms with Gasteiger partial charge in [-0.15, -0.1) is 0 Å². The van der Waals surface area contributed by atoms with Crippen LogP contribution in [0.25, 0.3) is 5.82 Å². The largest absolute Gasteiger partial charge is 0.306 e. The molecule has 0 aliphatic heterocycles. The van der Waals surface area contributed by atoms with Crippen molar-refractivity contribution in [2.45, 2.75) is 33.2 Å². The van der Waals surface area contributed by atoms with Gasteiger partial charge in [-0.25, -0.2) is 9.97 Å². The van der Waals surface area contributed by atoms with Gasteiger partial charge in [0, 0.05) is 30.3 Å². The summed E-state index contributed by atoms with van der Waals surface area (Å²) < 4.78 is 3.37. The van der Waals surface area contributed by atoms with Crippen LogP contribution in [-0.4, -0.2) is 19.1 Å². The molecular formula is C12H16N4O. The van der Waals surface area contributed by atoms with E-state index in [1.54, 1.807) is 33.9 Å². The van der Waals surface area contributed by atoms with Gasteiger partial charge in [0.25, 0.3) is 5.56 Å². The number of rotatable bonds is 1. The van der Waals surface area contributed by atoms with E-state index in [0.717, 1.165) is 5.82 Å². The number of nitrogens with zero attached hydrogens (tertiary/aromatic N) is 4. The monoisotopic (exact) mass is 232 g/mol. The van der Waals surface area contributed by atoms with Crippen LogP contribution in [0.4, 0.5) is 0 Å². The molecule has 0 bridgehead atoms. The molecule has 17 heavy (non-hydrogen) atoms. The molecule has 2 aromatic rings. The second-order valence-corrected chi connectivity index (χ2v) is 4.94. The fourth-order valence-electron chi connectivity index (χ4n) is 1.70. The molecule has 90 valence electrons. The van der Waals surface area contributed by atoms with Crippen molar-refractivity contribution in [2.24, 2.45) is 0 Å². The second-order valence-electron chi connectivity index (χ2n) is 4.94. The summed E-state index contributed by atoms with van der Waals surface area (Å²) in [7, 11) is 0. The Balaban J connectivity index is 2.67. The molecule has 0 aliphatic carbocycles. The fraction of sp³-hybridized carbons (Fsp3) is 0.417. The lowest BCUT2D eigenvalue weighted by molar-refractivity contribution is 0.381. The average Bonchev–Trinajstić information content (AvgIpc) is 2.63. The van der Waals surface area contributed by atoms with Crippen molar-refractivity contribution in [3.05, 3.63) is 41.0 Å². The van der Waals surface area contributed by atoms with Crippen molar-refractivity contribution < 1.29 is 0 Å². The molecule has 0 fully saturated rings. The maximum absolute atomic E-state index is 12.3. The van der Waals surface area contributed by atoms with Crippen molar-refractivity contribution in [3.63, 3.8) is 0 Å². The third-order valence-corrected chi connectivity index (χ3v) is 2.60. The van der Waals surface area contributed by atoms with Crippen molar-refractivity contribution in [1.82, 2.24) is 19.1 Å². The first-order valence-electron chi connectivity index (χ1n) is 5.50. The Bertz CT molecular complexity index is 589. The highest BCUT2D eigenvalue weighted by Gasteiger charge is 2.17. The van der Waals surface area contributed by atoms with E-state index in [1.165, 1.54) is 0 Å². The lowest BCUT2D eigenvalue weighted by Gasteiger charge is -2.22. The molecule has 0 atom stereocenters. The predicted molar refractivity (Wildman–Crippen MR) is 65.4 cm³/mol. The van der Waals surface area contributed by atoms with E-state index in [1.807, 2.05) is 27.7 Å². The summed E-state index contributed by atoms with van der Waals surface area (Å²) in [6, 6.07) is 0. The van der Waals surface area contributed by atoms with E-state index in [-0.39, 0.29) is 11.1 Å². The first-order valence-corrected chi connectivity index (χ1v) is 5.50. The number of hydrogen-bond acceptors (Lipinski definition) is 3. The quantitative estimate of drug-likeness (QED) is 0.748. The lowest BCUT2D eigenvalue weighted by Crippen LogP contribution is -2.35. The van der Waals surface area contributed by atoms with Crippen molar-refractivity contribution in [3.8, 4) is 5.82 Å². The van der Waals surface area contributed by atoms with Gasteiger partial charge in [0.05, 0.1) is 0 Å². The van der Waals surface area contributed by atoms with Gasteiger partial charge in [-0.1, -0.05) is 0 Å². The molecule has 2 aromatic heterocycles. The van der Waals surface area contributed by atoms with Crippen LogP contribution < -0.4 is 5.56 Å². The summed E-state index contributed by atoms with van der Waals surface area (Å²) in [4.78, 5) is 20.6. The molecule has 0 aliphatic rings. The Morgan fingerprint density at radius 2 is 1.76 bits per heavy atom. The first kappa shape index (κ1) is 11.6. The molecule has 0 aromatic carbocycles. The number of imidazole rings is 1. The molecule has 2 rings (SSSR count). The topological polar surface area (TPSA) is 52.7 Å². The number of aryl methyl sites for hydroxylation is 1. The smallest absolute Gasteiger partial charge is 0.294 e. The van der Waals surface area contributed by atoms with Gasteiger partial charge >= 0.3 is 0 Å². The molecular weight excluding hydrogens is 216 g/mol. The van der Waals surface area contributed by atoms with Gasteiger partial charge in [0.15, 0.2) is 0 Å². The summed E-state index contributed by atoms with van der Waals surface area (Å²) in [6.07, 6.45) is 6.75. The third-order valence-electron chi connectivity index (χ3n) is 2.60. The van der Waals surface area contributed by atoms with Crippen molar-refractivity contribution in [2.75, 3.05) is 0 Å². The zero-order valence-corrected chi connectivity index (χ0v) is 10.5. The lowest BCUT2D eigenvalue weighted by atomic mass is 10.1. The van der Waals surface area contributed by atoms with Crippen LogP contribution in [0.5, 0.6) is 0 Å². The van der Waals surface area contributed by atoms with Crippen LogP contribution in [0.15, 0.2) is 29.6 Å². The Morgan fingerprint density at radius 3 is 2.29 bits per heavy atom. The Labute approximate surface area is 99.8 Å². The summed E-state index contributed by atoms with van der Waals surface area (Å²) in [5, 5.41) is 0. The zero-order chi connectivity index (χ0) is 12.6. The van der Waals surface area contributed by atoms with Crippen LogP contribution in [-0.2, 0) is 5.54 Å². The molecule has 2 heterocycles. The maximum Gasteiger partial charge on any atom is 0.294 e. The Morgan fingerprint density at radius 1 is 1.12 bits per heavy atom. The highest BCUT2D eigenvalue weighted by atomic mass is 16.1. The van der Waals surface area contributed by atoms with Gasteiger partial charge in [0.1, 0.15) is 5.82 Å². The van der Waals surface area contributed by atoms with Gasteiger partial charge < -0.3 is 4.57 Å². The van der Waals surface area contributed by atoms with Crippen LogP contribution >= 0.6 is 0 Å². The number of hydrogen-bond donors (Lipinski definition) is 0. The molecule has 0 amide bonds. The molecule has 0 unspecified atom stereocenters. The van der Waals surface area contributed by atoms with E-state index in [0.29, 0.717) is 5.82 Å². The van der Waals surface area contributed by atoms with Crippen LogP contribution in [0.2, 0.25) is 0 Å². The highest BCUT2D eigenvalue weighted by molar-refractivity contribution is 5.21. The minimum absolute atomic E-state index is 0.110. The average molecular weight is 232 g/mol. The second kappa shape index (κ2) is 3.84. The Kier molecular flexibility index (Phi) is 2.61. The first-order chi connectivity index (χ1) is 7.91. The molecule has 5 nitrogen and oxygen atoms in total. The van der Waals surface area contributed by atoms with Crippen LogP contribution in [0.1, 0.15) is 26.6 Å². The van der Waals surface area contributed by atoms with Gasteiger partial charge in [0.2, 0.25) is 5.82 Å². The minimum atomic E-state index is -0.261. The molecule has 5 heteroatoms. The van der Waals surface area contributed by atoms with E-state index in [2.05, 4.69) is 9.97 Å². The molecule has 0 spiro atoms. The van der Waals surface area contributed by atoms with Gasteiger partial charge in [-0.2, -0.15) is 0 Å². The summed E-state index contributed by atoms with van der Waals surface area (Å²) in [5.41, 5.74) is -0.371. The SMILES string of the molecule is Cc1nccn1-c1nccn(C(C)(C)C)c1=O. The molecule has 0 N–H and O–H groups in total.